The Bertz CT molecular complexity index is 924. The standard InChI is InChI=1S/C22H25ClN2O4.C3H7FO/c1-24-21-7-4-17(23)11-20(21)16-8-9-25(14-27)22(10-16)15-2-5-19(6-3-15)29-13-18(28)12-26;1-5-3-2-4/h2-7,10-11,14,18,22,24,26,28H,8-9,12-13H2,1H3;2-3H2,1H3. The van der Waals surface area contributed by atoms with Crippen molar-refractivity contribution in [3.8, 4) is 5.75 Å². The minimum atomic E-state index is -0.914. The molecule has 1 aliphatic rings. The third-order valence-corrected chi connectivity index (χ3v) is 5.48. The number of rotatable bonds is 10. The molecule has 1 aliphatic heterocycles. The van der Waals surface area contributed by atoms with Crippen LogP contribution in [0, 0.1) is 0 Å². The number of hydrogen-bond acceptors (Lipinski definition) is 6. The molecule has 0 aromatic heterocycles. The van der Waals surface area contributed by atoms with Crippen LogP contribution in [0.5, 0.6) is 5.75 Å². The van der Waals surface area contributed by atoms with Gasteiger partial charge in [0.2, 0.25) is 6.41 Å². The first kappa shape index (κ1) is 27.6. The molecule has 9 heteroatoms. The van der Waals surface area contributed by atoms with Gasteiger partial charge in [-0.25, -0.2) is 4.39 Å². The number of hydrogen-bond donors (Lipinski definition) is 3. The zero-order valence-corrected chi connectivity index (χ0v) is 20.2. The zero-order valence-electron chi connectivity index (χ0n) is 19.4. The smallest absolute Gasteiger partial charge is 0.210 e. The second-order valence-electron chi connectivity index (χ2n) is 7.57. The maximum atomic E-state index is 11.6. The molecule has 3 rings (SSSR count). The molecule has 0 bridgehead atoms. The van der Waals surface area contributed by atoms with E-state index in [0.29, 0.717) is 17.3 Å². The Morgan fingerprint density at radius 3 is 2.59 bits per heavy atom. The molecule has 0 saturated heterocycles. The summed E-state index contributed by atoms with van der Waals surface area (Å²) in [6, 6.07) is 12.9. The number of halogens is 2. The molecule has 2 unspecified atom stereocenters. The Morgan fingerprint density at radius 1 is 1.29 bits per heavy atom. The predicted molar refractivity (Wildman–Crippen MR) is 132 cm³/mol. The van der Waals surface area contributed by atoms with Crippen molar-refractivity contribution in [2.75, 3.05) is 52.5 Å². The van der Waals surface area contributed by atoms with Crippen LogP contribution >= 0.6 is 11.6 Å². The maximum absolute atomic E-state index is 11.6. The quantitative estimate of drug-likeness (QED) is 0.436. The number of nitrogens with one attached hydrogen (secondary N) is 1. The lowest BCUT2D eigenvalue weighted by Crippen LogP contribution is -2.30. The van der Waals surface area contributed by atoms with E-state index in [1.54, 1.807) is 17.0 Å². The van der Waals surface area contributed by atoms with Crippen molar-refractivity contribution in [2.45, 2.75) is 18.6 Å². The first-order valence-electron chi connectivity index (χ1n) is 10.9. The van der Waals surface area contributed by atoms with Gasteiger partial charge in [-0.15, -0.1) is 0 Å². The third kappa shape index (κ3) is 7.99. The minimum Gasteiger partial charge on any atom is -0.491 e. The van der Waals surface area contributed by atoms with Crippen LogP contribution in [0.4, 0.5) is 10.1 Å². The number of amides is 1. The summed E-state index contributed by atoms with van der Waals surface area (Å²) < 4.78 is 20.6. The SMILES string of the molecule is CNc1ccc(Cl)cc1C1=CC(c2ccc(OCC(O)CO)cc2)N(C=O)CC1.COCCF. The van der Waals surface area contributed by atoms with Gasteiger partial charge in [0.1, 0.15) is 25.1 Å². The first-order valence-corrected chi connectivity index (χ1v) is 11.3. The molecule has 3 N–H and O–H groups in total. The largest absolute Gasteiger partial charge is 0.491 e. The van der Waals surface area contributed by atoms with Crippen LogP contribution in [-0.2, 0) is 9.53 Å². The Labute approximate surface area is 204 Å². The van der Waals surface area contributed by atoms with E-state index in [2.05, 4.69) is 16.1 Å². The Kier molecular flexibility index (Phi) is 11.8. The molecular weight excluding hydrogens is 463 g/mol. The number of methoxy groups -OCH3 is 1. The van der Waals surface area contributed by atoms with Crippen LogP contribution in [0.3, 0.4) is 0 Å². The van der Waals surface area contributed by atoms with Crippen molar-refractivity contribution >= 4 is 29.3 Å². The van der Waals surface area contributed by atoms with E-state index in [-0.39, 0.29) is 32.5 Å². The number of aliphatic hydroxyl groups is 2. The van der Waals surface area contributed by atoms with Gasteiger partial charge in [0.25, 0.3) is 0 Å². The van der Waals surface area contributed by atoms with Crippen molar-refractivity contribution in [3.63, 3.8) is 0 Å². The van der Waals surface area contributed by atoms with Crippen LogP contribution in [0.15, 0.2) is 48.5 Å². The van der Waals surface area contributed by atoms with Gasteiger partial charge in [-0.1, -0.05) is 29.8 Å². The van der Waals surface area contributed by atoms with Gasteiger partial charge in [-0.2, -0.15) is 0 Å². The Hall–Kier alpha value is -2.65. The number of ether oxygens (including phenoxy) is 2. The maximum Gasteiger partial charge on any atom is 0.210 e. The Morgan fingerprint density at radius 2 is 2.03 bits per heavy atom. The highest BCUT2D eigenvalue weighted by atomic mass is 35.5. The number of carbonyl (C=O) groups excluding carboxylic acids is 1. The second-order valence-corrected chi connectivity index (χ2v) is 8.00. The summed E-state index contributed by atoms with van der Waals surface area (Å²) in [4.78, 5) is 13.4. The van der Waals surface area contributed by atoms with Crippen LogP contribution < -0.4 is 10.1 Å². The van der Waals surface area contributed by atoms with Crippen molar-refractivity contribution in [1.29, 1.82) is 0 Å². The van der Waals surface area contributed by atoms with Crippen molar-refractivity contribution in [2.24, 2.45) is 0 Å². The predicted octanol–water partition coefficient (Wildman–Crippen LogP) is 3.70. The molecule has 0 fully saturated rings. The summed E-state index contributed by atoms with van der Waals surface area (Å²) in [7, 11) is 3.34. The van der Waals surface area contributed by atoms with Crippen molar-refractivity contribution in [3.05, 3.63) is 64.7 Å². The van der Waals surface area contributed by atoms with E-state index in [0.717, 1.165) is 35.2 Å². The number of nitrogens with zero attached hydrogens (tertiary/aromatic N) is 1. The van der Waals surface area contributed by atoms with Gasteiger partial charge in [-0.05, 0) is 47.9 Å². The first-order chi connectivity index (χ1) is 16.5. The molecule has 7 nitrogen and oxygen atoms in total. The molecule has 2 atom stereocenters. The molecule has 186 valence electrons. The number of aliphatic hydroxyl groups excluding tert-OH is 2. The summed E-state index contributed by atoms with van der Waals surface area (Å²) in [5.41, 5.74) is 4.11. The number of carbonyl (C=O) groups is 1. The highest BCUT2D eigenvalue weighted by Gasteiger charge is 2.24. The molecule has 1 amide bonds. The summed E-state index contributed by atoms with van der Waals surface area (Å²) in [5.74, 6) is 0.589. The third-order valence-electron chi connectivity index (χ3n) is 5.24. The van der Waals surface area contributed by atoms with Gasteiger partial charge in [-0.3, -0.25) is 4.79 Å². The zero-order chi connectivity index (χ0) is 24.9. The van der Waals surface area contributed by atoms with E-state index in [1.165, 1.54) is 7.11 Å². The van der Waals surface area contributed by atoms with Crippen LogP contribution in [0.2, 0.25) is 5.02 Å². The molecule has 1 heterocycles. The van der Waals surface area contributed by atoms with Crippen LogP contribution in [0.1, 0.15) is 23.6 Å². The van der Waals surface area contributed by atoms with E-state index in [9.17, 15) is 14.3 Å². The molecule has 34 heavy (non-hydrogen) atoms. The topological polar surface area (TPSA) is 91.3 Å². The summed E-state index contributed by atoms with van der Waals surface area (Å²) >= 11 is 6.21. The fraction of sp³-hybridized carbons (Fsp3) is 0.400. The van der Waals surface area contributed by atoms with Gasteiger partial charge in [0, 0.05) is 37.0 Å². The van der Waals surface area contributed by atoms with Crippen LogP contribution in [0.25, 0.3) is 5.57 Å². The second kappa shape index (κ2) is 14.6. The van der Waals surface area contributed by atoms with Gasteiger partial charge < -0.3 is 29.9 Å². The lowest BCUT2D eigenvalue weighted by Gasteiger charge is -2.32. The molecule has 0 aliphatic carbocycles. The summed E-state index contributed by atoms with van der Waals surface area (Å²) in [6.07, 6.45) is 2.79. The van der Waals surface area contributed by atoms with Gasteiger partial charge >= 0.3 is 0 Å². The molecule has 0 spiro atoms. The fourth-order valence-corrected chi connectivity index (χ4v) is 3.64. The summed E-state index contributed by atoms with van der Waals surface area (Å²) in [6.45, 7) is 0.124. The lowest BCUT2D eigenvalue weighted by molar-refractivity contribution is -0.119. The van der Waals surface area contributed by atoms with Crippen molar-refractivity contribution < 1.29 is 28.9 Å². The molecule has 2 aromatic rings. The molecule has 0 saturated carbocycles. The molecule has 0 radical (unpaired) electrons. The van der Waals surface area contributed by atoms with E-state index in [1.807, 2.05) is 37.4 Å². The highest BCUT2D eigenvalue weighted by Crippen LogP contribution is 2.36. The van der Waals surface area contributed by atoms with Crippen molar-refractivity contribution in [1.82, 2.24) is 4.90 Å². The fourth-order valence-electron chi connectivity index (χ4n) is 3.47. The lowest BCUT2D eigenvalue weighted by atomic mass is 9.92. The Balaban J connectivity index is 0.000000739. The molecular formula is C25H32ClFN2O5. The van der Waals surface area contributed by atoms with Crippen LogP contribution in [-0.4, -0.2) is 74.8 Å². The van der Waals surface area contributed by atoms with Gasteiger partial charge in [0.05, 0.1) is 19.3 Å². The molecule has 2 aromatic carbocycles. The van der Waals surface area contributed by atoms with E-state index < -0.39 is 6.10 Å². The normalized spacial score (nSPS) is 16.1. The minimum absolute atomic E-state index is 0.0192. The average Bonchev–Trinajstić information content (AvgIpc) is 2.88. The number of anilines is 1. The average molecular weight is 495 g/mol. The monoisotopic (exact) mass is 494 g/mol. The number of benzene rings is 2. The van der Waals surface area contributed by atoms with Gasteiger partial charge in [0.15, 0.2) is 0 Å². The van der Waals surface area contributed by atoms with E-state index >= 15 is 0 Å². The van der Waals surface area contributed by atoms with E-state index in [4.69, 9.17) is 21.4 Å². The number of alkyl halides is 1. The summed E-state index contributed by atoms with van der Waals surface area (Å²) in [5, 5.41) is 22.1. The highest BCUT2D eigenvalue weighted by molar-refractivity contribution is 6.30.